The van der Waals surface area contributed by atoms with Gasteiger partial charge in [0.15, 0.2) is 0 Å². The summed E-state index contributed by atoms with van der Waals surface area (Å²) in [6.45, 7) is 5.42. The smallest absolute Gasteiger partial charge is 0.306 e. The van der Waals surface area contributed by atoms with Crippen LogP contribution in [-0.4, -0.2) is 37.0 Å². The van der Waals surface area contributed by atoms with E-state index in [9.17, 15) is 9.90 Å². The minimum atomic E-state index is -0.526. The number of ether oxygens (including phenoxy) is 2. The lowest BCUT2D eigenvalue weighted by Crippen LogP contribution is -2.27. The molecule has 330 valence electrons. The highest BCUT2D eigenvalue weighted by Gasteiger charge is 2.13. The van der Waals surface area contributed by atoms with Crippen LogP contribution in [0.25, 0.3) is 0 Å². The molecule has 0 aromatic heterocycles. The molecule has 0 saturated carbocycles. The van der Waals surface area contributed by atoms with Crippen LogP contribution in [0.4, 0.5) is 0 Å². The first kappa shape index (κ1) is 54.4. The molecule has 0 bridgehead atoms. The predicted molar refractivity (Wildman–Crippen MR) is 242 cm³/mol. The summed E-state index contributed by atoms with van der Waals surface area (Å²) < 4.78 is 11.2. The summed E-state index contributed by atoms with van der Waals surface area (Å²) in [6, 6.07) is 0. The summed E-state index contributed by atoms with van der Waals surface area (Å²) in [7, 11) is 0. The fraction of sp³-hybridized carbons (Fsp3) is 0.980. The van der Waals surface area contributed by atoms with E-state index in [1.165, 1.54) is 257 Å². The molecule has 0 aliphatic heterocycles. The van der Waals surface area contributed by atoms with Crippen LogP contribution in [0.3, 0.4) is 0 Å². The zero-order valence-electron chi connectivity index (χ0n) is 38.0. The average Bonchev–Trinajstić information content (AvgIpc) is 3.19. The molecule has 1 N–H and O–H groups in total. The van der Waals surface area contributed by atoms with Crippen LogP contribution in [0.1, 0.15) is 296 Å². The highest BCUT2D eigenvalue weighted by molar-refractivity contribution is 5.69. The molecule has 0 aliphatic rings. The molecule has 1 atom stereocenters. The molecule has 4 nitrogen and oxygen atoms in total. The van der Waals surface area contributed by atoms with Crippen molar-refractivity contribution in [3.63, 3.8) is 0 Å². The third kappa shape index (κ3) is 47.7. The van der Waals surface area contributed by atoms with Gasteiger partial charge in [-0.1, -0.05) is 277 Å². The van der Waals surface area contributed by atoms with Crippen molar-refractivity contribution in [2.75, 3.05) is 19.8 Å². The Balaban J connectivity index is 3.32. The standard InChI is InChI=1S/C51H102O4/c1-3-5-7-9-11-13-15-17-19-21-23-24-25-26-27-28-30-32-34-36-38-40-42-44-46-51(53)55-50(48-52)49-54-47-45-43-41-39-37-35-33-31-29-22-20-18-16-14-12-10-8-6-4-2/h50,52H,3-49H2,1-2H3. The van der Waals surface area contributed by atoms with Crippen molar-refractivity contribution in [1.29, 1.82) is 0 Å². The number of hydrogen-bond acceptors (Lipinski definition) is 4. The van der Waals surface area contributed by atoms with Gasteiger partial charge in [0.1, 0.15) is 6.10 Å². The molecule has 0 spiro atoms. The van der Waals surface area contributed by atoms with Crippen molar-refractivity contribution in [2.45, 2.75) is 302 Å². The molecule has 0 amide bonds. The number of aliphatic hydroxyl groups excluding tert-OH is 1. The Bertz CT molecular complexity index is 696. The summed E-state index contributed by atoms with van der Waals surface area (Å²) in [5.41, 5.74) is 0. The second-order valence-electron chi connectivity index (χ2n) is 17.6. The number of aliphatic hydroxyl groups is 1. The van der Waals surface area contributed by atoms with E-state index in [1.807, 2.05) is 0 Å². The van der Waals surface area contributed by atoms with Gasteiger partial charge in [-0.3, -0.25) is 4.79 Å². The van der Waals surface area contributed by atoms with Crippen LogP contribution in [0.5, 0.6) is 0 Å². The van der Waals surface area contributed by atoms with Crippen molar-refractivity contribution in [2.24, 2.45) is 0 Å². The molecule has 4 heteroatoms. The molecule has 0 aromatic rings. The number of carbonyl (C=O) groups excluding carboxylic acids is 1. The van der Waals surface area contributed by atoms with Crippen LogP contribution in [-0.2, 0) is 14.3 Å². The summed E-state index contributed by atoms with van der Waals surface area (Å²) in [5.74, 6) is -0.190. The van der Waals surface area contributed by atoms with Crippen molar-refractivity contribution in [3.05, 3.63) is 0 Å². The van der Waals surface area contributed by atoms with Gasteiger partial charge < -0.3 is 14.6 Å². The molecular weight excluding hydrogens is 677 g/mol. The lowest BCUT2D eigenvalue weighted by atomic mass is 10.0. The fourth-order valence-electron chi connectivity index (χ4n) is 8.10. The Kier molecular flexibility index (Phi) is 49.0. The van der Waals surface area contributed by atoms with E-state index in [-0.39, 0.29) is 12.6 Å². The van der Waals surface area contributed by atoms with Crippen molar-refractivity contribution in [1.82, 2.24) is 0 Å². The van der Waals surface area contributed by atoms with Crippen LogP contribution in [0.15, 0.2) is 0 Å². The third-order valence-corrected chi connectivity index (χ3v) is 11.9. The van der Waals surface area contributed by atoms with Gasteiger partial charge in [-0.05, 0) is 12.8 Å². The molecule has 55 heavy (non-hydrogen) atoms. The Labute approximate surface area is 346 Å². The Morgan fingerprint density at radius 1 is 0.364 bits per heavy atom. The van der Waals surface area contributed by atoms with Gasteiger partial charge in [-0.2, -0.15) is 0 Å². The van der Waals surface area contributed by atoms with Gasteiger partial charge in [-0.15, -0.1) is 0 Å². The van der Waals surface area contributed by atoms with Gasteiger partial charge in [0.25, 0.3) is 0 Å². The summed E-state index contributed by atoms with van der Waals surface area (Å²) >= 11 is 0. The zero-order chi connectivity index (χ0) is 39.8. The van der Waals surface area contributed by atoms with E-state index in [0.717, 1.165) is 19.3 Å². The van der Waals surface area contributed by atoms with E-state index in [2.05, 4.69) is 13.8 Å². The number of rotatable bonds is 49. The molecule has 0 rings (SSSR count). The van der Waals surface area contributed by atoms with Crippen molar-refractivity contribution >= 4 is 5.97 Å². The number of unbranched alkanes of at least 4 members (excludes halogenated alkanes) is 41. The quantitative estimate of drug-likeness (QED) is 0.0494. The molecule has 1 unspecified atom stereocenters. The van der Waals surface area contributed by atoms with Gasteiger partial charge >= 0.3 is 5.97 Å². The normalized spacial score (nSPS) is 12.1. The largest absolute Gasteiger partial charge is 0.457 e. The first-order valence-corrected chi connectivity index (χ1v) is 25.6. The van der Waals surface area contributed by atoms with E-state index in [4.69, 9.17) is 9.47 Å². The summed E-state index contributed by atoms with van der Waals surface area (Å²) in [5, 5.41) is 9.64. The van der Waals surface area contributed by atoms with E-state index in [0.29, 0.717) is 19.6 Å². The Morgan fingerprint density at radius 2 is 0.600 bits per heavy atom. The third-order valence-electron chi connectivity index (χ3n) is 11.9. The minimum absolute atomic E-state index is 0.162. The number of hydrogen-bond donors (Lipinski definition) is 1. The first-order valence-electron chi connectivity index (χ1n) is 25.6. The molecule has 0 aliphatic carbocycles. The van der Waals surface area contributed by atoms with Gasteiger partial charge in [0, 0.05) is 13.0 Å². The monoisotopic (exact) mass is 779 g/mol. The maximum Gasteiger partial charge on any atom is 0.306 e. The number of esters is 1. The van der Waals surface area contributed by atoms with Crippen molar-refractivity contribution < 1.29 is 19.4 Å². The average molecular weight is 779 g/mol. The second-order valence-corrected chi connectivity index (χ2v) is 17.6. The second kappa shape index (κ2) is 49.5. The predicted octanol–water partition coefficient (Wildman–Crippen LogP) is 17.1. The van der Waals surface area contributed by atoms with E-state index in [1.54, 1.807) is 0 Å². The van der Waals surface area contributed by atoms with Crippen LogP contribution >= 0.6 is 0 Å². The topological polar surface area (TPSA) is 55.8 Å². The van der Waals surface area contributed by atoms with E-state index >= 15 is 0 Å². The van der Waals surface area contributed by atoms with Crippen LogP contribution in [0.2, 0.25) is 0 Å². The maximum atomic E-state index is 12.3. The molecule has 0 heterocycles. The van der Waals surface area contributed by atoms with E-state index < -0.39 is 6.10 Å². The molecule has 0 radical (unpaired) electrons. The van der Waals surface area contributed by atoms with Gasteiger partial charge in [0.2, 0.25) is 0 Å². The zero-order valence-corrected chi connectivity index (χ0v) is 38.0. The van der Waals surface area contributed by atoms with Gasteiger partial charge in [0.05, 0.1) is 13.2 Å². The molecule has 0 saturated heterocycles. The lowest BCUT2D eigenvalue weighted by Gasteiger charge is -2.16. The minimum Gasteiger partial charge on any atom is -0.457 e. The lowest BCUT2D eigenvalue weighted by molar-refractivity contribution is -0.154. The van der Waals surface area contributed by atoms with Crippen LogP contribution in [0, 0.1) is 0 Å². The maximum absolute atomic E-state index is 12.3. The highest BCUT2D eigenvalue weighted by Crippen LogP contribution is 2.17. The number of carbonyl (C=O) groups is 1. The summed E-state index contributed by atoms with van der Waals surface area (Å²) in [4.78, 5) is 12.3. The Hall–Kier alpha value is -0.610. The SMILES string of the molecule is CCCCCCCCCCCCCCCCCCCCCCCCCCC(=O)OC(CO)COCCCCCCCCCCCCCCCCCCCCC. The van der Waals surface area contributed by atoms with Crippen molar-refractivity contribution in [3.8, 4) is 0 Å². The molecule has 0 aromatic carbocycles. The fourth-order valence-corrected chi connectivity index (χ4v) is 8.10. The highest BCUT2D eigenvalue weighted by atomic mass is 16.6. The summed E-state index contributed by atoms with van der Waals surface area (Å²) in [6.07, 6.45) is 59.1. The van der Waals surface area contributed by atoms with Crippen LogP contribution < -0.4 is 0 Å². The molecule has 0 fully saturated rings. The Morgan fingerprint density at radius 3 is 0.855 bits per heavy atom. The van der Waals surface area contributed by atoms with Gasteiger partial charge in [-0.25, -0.2) is 0 Å². The molecular formula is C51H102O4. The first-order chi connectivity index (χ1) is 27.2.